The van der Waals surface area contributed by atoms with Crippen LogP contribution in [0.4, 0.5) is 16.3 Å². The Morgan fingerprint density at radius 3 is 2.57 bits per heavy atom. The molecule has 1 aliphatic heterocycles. The minimum Gasteiger partial charge on any atom is -0.357 e. The maximum Gasteiger partial charge on any atom is 0.230 e. The lowest BCUT2D eigenvalue weighted by molar-refractivity contribution is 0.627. The van der Waals surface area contributed by atoms with Gasteiger partial charge in [-0.25, -0.2) is 4.39 Å². The fraction of sp³-hybridized carbons (Fsp3) is 0.400. The largest absolute Gasteiger partial charge is 0.357 e. The van der Waals surface area contributed by atoms with E-state index >= 15 is 0 Å². The highest BCUT2D eigenvalue weighted by molar-refractivity contribution is 5.62. The van der Waals surface area contributed by atoms with Crippen molar-refractivity contribution in [3.8, 4) is 11.4 Å². The maximum atomic E-state index is 13.3. The average molecular weight is 287 g/mol. The van der Waals surface area contributed by atoms with Crippen molar-refractivity contribution in [1.29, 1.82) is 0 Å². The number of rotatable bonds is 3. The molecule has 1 aliphatic rings. The summed E-state index contributed by atoms with van der Waals surface area (Å²) in [4.78, 5) is 15.5. The van der Waals surface area contributed by atoms with E-state index in [1.165, 1.54) is 12.1 Å². The molecule has 1 aromatic heterocycles. The highest BCUT2D eigenvalue weighted by Gasteiger charge is 2.18. The Morgan fingerprint density at radius 1 is 1.14 bits per heavy atom. The van der Waals surface area contributed by atoms with Gasteiger partial charge in [0.05, 0.1) is 0 Å². The number of anilines is 2. The minimum atomic E-state index is -0.251. The van der Waals surface area contributed by atoms with E-state index in [-0.39, 0.29) is 5.82 Å². The van der Waals surface area contributed by atoms with Crippen LogP contribution < -0.4 is 10.2 Å². The summed E-state index contributed by atoms with van der Waals surface area (Å²) in [5, 5.41) is 2.97. The van der Waals surface area contributed by atoms with Gasteiger partial charge in [-0.1, -0.05) is 0 Å². The quantitative estimate of drug-likeness (QED) is 0.940. The Morgan fingerprint density at radius 2 is 1.90 bits per heavy atom. The van der Waals surface area contributed by atoms with Gasteiger partial charge in [0.1, 0.15) is 5.82 Å². The zero-order valence-electron chi connectivity index (χ0n) is 12.2. The van der Waals surface area contributed by atoms with Crippen LogP contribution in [0.2, 0.25) is 0 Å². The number of benzene rings is 1. The van der Waals surface area contributed by atoms with E-state index in [2.05, 4.69) is 25.2 Å². The molecule has 2 aromatic rings. The molecule has 2 heterocycles. The first-order valence-electron chi connectivity index (χ1n) is 7.12. The Balaban J connectivity index is 2.06. The van der Waals surface area contributed by atoms with Crippen molar-refractivity contribution in [3.05, 3.63) is 29.6 Å². The Labute approximate surface area is 123 Å². The van der Waals surface area contributed by atoms with Crippen LogP contribution in [0.3, 0.4) is 0 Å². The number of aryl methyl sites for hydroxylation is 1. The van der Waals surface area contributed by atoms with Gasteiger partial charge in [-0.2, -0.15) is 15.0 Å². The molecule has 110 valence electrons. The molecule has 0 amide bonds. The van der Waals surface area contributed by atoms with E-state index in [1.807, 2.05) is 6.92 Å². The SMILES string of the molecule is CNc1nc(-c2ccc(F)cc2C)nc(N2CCCC2)n1. The first-order valence-corrected chi connectivity index (χ1v) is 7.12. The van der Waals surface area contributed by atoms with Crippen molar-refractivity contribution < 1.29 is 4.39 Å². The Hall–Kier alpha value is -2.24. The highest BCUT2D eigenvalue weighted by atomic mass is 19.1. The molecule has 0 radical (unpaired) electrons. The molecule has 21 heavy (non-hydrogen) atoms. The summed E-state index contributed by atoms with van der Waals surface area (Å²) in [5.41, 5.74) is 1.64. The van der Waals surface area contributed by atoms with Crippen molar-refractivity contribution >= 4 is 11.9 Å². The van der Waals surface area contributed by atoms with E-state index in [0.717, 1.165) is 37.1 Å². The van der Waals surface area contributed by atoms with Gasteiger partial charge in [-0.3, -0.25) is 0 Å². The second-order valence-corrected chi connectivity index (χ2v) is 5.19. The molecule has 1 fully saturated rings. The van der Waals surface area contributed by atoms with Gasteiger partial charge < -0.3 is 10.2 Å². The molecule has 0 spiro atoms. The lowest BCUT2D eigenvalue weighted by atomic mass is 10.1. The highest BCUT2D eigenvalue weighted by Crippen LogP contribution is 2.24. The van der Waals surface area contributed by atoms with Crippen LogP contribution in [0.1, 0.15) is 18.4 Å². The van der Waals surface area contributed by atoms with Gasteiger partial charge >= 0.3 is 0 Å². The normalized spacial score (nSPS) is 14.5. The van der Waals surface area contributed by atoms with Crippen molar-refractivity contribution in [3.63, 3.8) is 0 Å². The van der Waals surface area contributed by atoms with Crippen LogP contribution in [0.15, 0.2) is 18.2 Å². The van der Waals surface area contributed by atoms with Crippen LogP contribution in [-0.2, 0) is 0 Å². The summed E-state index contributed by atoms with van der Waals surface area (Å²) in [7, 11) is 1.78. The minimum absolute atomic E-state index is 0.251. The maximum absolute atomic E-state index is 13.3. The van der Waals surface area contributed by atoms with E-state index in [0.29, 0.717) is 17.7 Å². The fourth-order valence-corrected chi connectivity index (χ4v) is 2.53. The third-order valence-corrected chi connectivity index (χ3v) is 3.67. The van der Waals surface area contributed by atoms with Gasteiger partial charge in [-0.15, -0.1) is 0 Å². The van der Waals surface area contributed by atoms with Crippen LogP contribution >= 0.6 is 0 Å². The number of aromatic nitrogens is 3. The Bertz CT molecular complexity index is 653. The average Bonchev–Trinajstić information content (AvgIpc) is 3.01. The van der Waals surface area contributed by atoms with Gasteiger partial charge in [0.15, 0.2) is 5.82 Å². The predicted octanol–water partition coefficient (Wildman–Crippen LogP) is 2.63. The Kier molecular flexibility index (Phi) is 3.68. The van der Waals surface area contributed by atoms with Crippen LogP contribution in [0.5, 0.6) is 0 Å². The monoisotopic (exact) mass is 287 g/mol. The lowest BCUT2D eigenvalue weighted by Crippen LogP contribution is -2.21. The zero-order chi connectivity index (χ0) is 14.8. The molecule has 5 nitrogen and oxygen atoms in total. The number of nitrogens with one attached hydrogen (secondary N) is 1. The second kappa shape index (κ2) is 5.63. The first-order chi connectivity index (χ1) is 10.2. The molecule has 0 unspecified atom stereocenters. The summed E-state index contributed by atoms with van der Waals surface area (Å²) in [6, 6.07) is 4.64. The van der Waals surface area contributed by atoms with Crippen molar-refractivity contribution in [2.24, 2.45) is 0 Å². The van der Waals surface area contributed by atoms with Crippen LogP contribution in [0, 0.1) is 12.7 Å². The van der Waals surface area contributed by atoms with Crippen LogP contribution in [-0.4, -0.2) is 35.1 Å². The summed E-state index contributed by atoms with van der Waals surface area (Å²) in [6.45, 7) is 3.79. The van der Waals surface area contributed by atoms with Gasteiger partial charge in [0.2, 0.25) is 11.9 Å². The van der Waals surface area contributed by atoms with Gasteiger partial charge in [-0.05, 0) is 43.5 Å². The first kappa shape index (κ1) is 13.7. The van der Waals surface area contributed by atoms with E-state index in [9.17, 15) is 4.39 Å². The van der Waals surface area contributed by atoms with Crippen LogP contribution in [0.25, 0.3) is 11.4 Å². The number of hydrogen-bond acceptors (Lipinski definition) is 5. The predicted molar refractivity (Wildman–Crippen MR) is 81.0 cm³/mol. The molecule has 1 N–H and O–H groups in total. The molecule has 3 rings (SSSR count). The molecule has 1 aromatic carbocycles. The summed E-state index contributed by atoms with van der Waals surface area (Å²) in [5.74, 6) is 1.55. The molecule has 0 bridgehead atoms. The van der Waals surface area contributed by atoms with Crippen molar-refractivity contribution in [1.82, 2.24) is 15.0 Å². The molecule has 6 heteroatoms. The smallest absolute Gasteiger partial charge is 0.230 e. The zero-order valence-corrected chi connectivity index (χ0v) is 12.2. The summed E-state index contributed by atoms with van der Waals surface area (Å²) in [6.07, 6.45) is 2.32. The number of nitrogens with zero attached hydrogens (tertiary/aromatic N) is 4. The molecule has 1 saturated heterocycles. The van der Waals surface area contributed by atoms with E-state index < -0.39 is 0 Å². The number of hydrogen-bond donors (Lipinski definition) is 1. The molecule has 0 saturated carbocycles. The van der Waals surface area contributed by atoms with E-state index in [1.54, 1.807) is 13.1 Å². The molecule has 0 atom stereocenters. The molecule has 0 aliphatic carbocycles. The molecular formula is C15H18FN5. The van der Waals surface area contributed by atoms with E-state index in [4.69, 9.17) is 0 Å². The third kappa shape index (κ3) is 2.79. The van der Waals surface area contributed by atoms with Crippen molar-refractivity contribution in [2.45, 2.75) is 19.8 Å². The lowest BCUT2D eigenvalue weighted by Gasteiger charge is -2.17. The summed E-state index contributed by atoms with van der Waals surface area (Å²) < 4.78 is 13.3. The van der Waals surface area contributed by atoms with Gasteiger partial charge in [0, 0.05) is 25.7 Å². The standard InChI is InChI=1S/C15H18FN5/c1-10-9-11(16)5-6-12(10)13-18-14(17-2)20-15(19-13)21-7-3-4-8-21/h5-6,9H,3-4,7-8H2,1-2H3,(H,17,18,19,20). The summed E-state index contributed by atoms with van der Waals surface area (Å²) >= 11 is 0. The second-order valence-electron chi connectivity index (χ2n) is 5.19. The third-order valence-electron chi connectivity index (χ3n) is 3.67. The van der Waals surface area contributed by atoms with Crippen molar-refractivity contribution in [2.75, 3.05) is 30.4 Å². The van der Waals surface area contributed by atoms with Gasteiger partial charge in [0.25, 0.3) is 0 Å². The fourth-order valence-electron chi connectivity index (χ4n) is 2.53. The topological polar surface area (TPSA) is 53.9 Å². The molecular weight excluding hydrogens is 269 g/mol. The number of halogens is 1.